The van der Waals surface area contributed by atoms with Crippen LogP contribution in [0.2, 0.25) is 0 Å². The van der Waals surface area contributed by atoms with E-state index in [9.17, 15) is 4.79 Å². The summed E-state index contributed by atoms with van der Waals surface area (Å²) in [5.41, 5.74) is 3.26. The van der Waals surface area contributed by atoms with Crippen LogP contribution in [0, 0.1) is 25.2 Å². The summed E-state index contributed by atoms with van der Waals surface area (Å²) in [6, 6.07) is 5.87. The first kappa shape index (κ1) is 19.6. The van der Waals surface area contributed by atoms with E-state index in [1.165, 1.54) is 12.8 Å². The molecule has 1 aliphatic carbocycles. The van der Waals surface area contributed by atoms with Crippen molar-refractivity contribution in [3.8, 4) is 6.07 Å². The van der Waals surface area contributed by atoms with Crippen LogP contribution in [0.4, 0.5) is 5.69 Å². The Balaban J connectivity index is 0.00000208. The molecule has 0 aromatic heterocycles. The molecule has 1 aromatic carbocycles. The molecule has 2 aliphatic rings. The van der Waals surface area contributed by atoms with Crippen molar-refractivity contribution in [2.75, 3.05) is 25.0 Å². The normalized spacial score (nSPS) is 19.9. The number of amides is 1. The third-order valence-electron chi connectivity index (χ3n) is 5.98. The molecule has 1 saturated heterocycles. The third-order valence-corrected chi connectivity index (χ3v) is 5.98. The molecule has 1 amide bonds. The first-order valence-corrected chi connectivity index (χ1v) is 8.67. The van der Waals surface area contributed by atoms with Gasteiger partial charge in [0.2, 0.25) is 0 Å². The van der Waals surface area contributed by atoms with Gasteiger partial charge in [0.1, 0.15) is 0 Å². The van der Waals surface area contributed by atoms with Gasteiger partial charge in [-0.3, -0.25) is 4.79 Å². The van der Waals surface area contributed by atoms with Crippen LogP contribution in [0.15, 0.2) is 12.1 Å². The number of nitrogens with zero attached hydrogens (tertiary/aromatic N) is 2. The summed E-state index contributed by atoms with van der Waals surface area (Å²) in [6.45, 7) is 9.45. The minimum absolute atomic E-state index is 0. The van der Waals surface area contributed by atoms with E-state index in [-0.39, 0.29) is 44.2 Å². The molecule has 1 radical (unpaired) electrons. The number of likely N-dealkylation sites (tertiary alicyclic amines) is 1. The number of rotatable bonds is 4. The molecule has 1 N–H and O–H groups in total. The molecule has 24 heavy (non-hydrogen) atoms. The minimum atomic E-state index is -0.210. The first-order valence-electron chi connectivity index (χ1n) is 8.67. The van der Waals surface area contributed by atoms with Gasteiger partial charge in [0, 0.05) is 64.1 Å². The molecular weight excluding hydrogens is 375 g/mol. The Labute approximate surface area is 170 Å². The topological polar surface area (TPSA) is 52.9 Å². The summed E-state index contributed by atoms with van der Waals surface area (Å²) < 4.78 is 0.965. The van der Waals surface area contributed by atoms with Crippen LogP contribution in [-0.2, 0) is 37.5 Å². The number of hydrogen-bond donors (Lipinski definition) is 1. The zero-order valence-electron chi connectivity index (χ0n) is 15.0. The van der Waals surface area contributed by atoms with Crippen LogP contribution in [0.1, 0.15) is 49.3 Å². The van der Waals surface area contributed by atoms with Crippen molar-refractivity contribution in [2.24, 2.45) is 0 Å². The van der Waals surface area contributed by atoms with E-state index >= 15 is 0 Å². The molecule has 1 heterocycles. The monoisotopic (exact) mass is 401 g/mol. The van der Waals surface area contributed by atoms with Gasteiger partial charge in [0.15, 0.2) is 5.54 Å². The number of nitriles is 1. The zero-order chi connectivity index (χ0) is 16.7. The molecule has 0 spiro atoms. The molecule has 4 nitrogen and oxygen atoms in total. The third kappa shape index (κ3) is 3.07. The number of carbonyl (C=O) groups excluding carboxylic acids is 1. The van der Waals surface area contributed by atoms with Crippen molar-refractivity contribution < 1.29 is 42.0 Å². The maximum absolute atomic E-state index is 13.1. The van der Waals surface area contributed by atoms with Crippen LogP contribution in [0.25, 0.3) is 0 Å². The zero-order valence-corrected chi connectivity index (χ0v) is 17.8. The van der Waals surface area contributed by atoms with E-state index in [1.807, 2.05) is 26.0 Å². The van der Waals surface area contributed by atoms with Crippen molar-refractivity contribution in [3.05, 3.63) is 28.8 Å². The second-order valence-corrected chi connectivity index (χ2v) is 7.20. The van der Waals surface area contributed by atoms with Gasteiger partial charge in [-0.25, -0.2) is 0 Å². The molecule has 0 unspecified atom stereocenters. The van der Waals surface area contributed by atoms with Crippen molar-refractivity contribution in [2.45, 2.75) is 52.0 Å². The summed E-state index contributed by atoms with van der Waals surface area (Å²) in [7, 11) is 0. The average molecular weight is 401 g/mol. The number of carbonyl (C=O) groups is 1. The minimum Gasteiger partial charge on any atom is -0.320 e. The second kappa shape index (κ2) is 7.24. The van der Waals surface area contributed by atoms with Crippen LogP contribution in [0.3, 0.4) is 0 Å². The summed E-state index contributed by atoms with van der Waals surface area (Å²) in [5.74, 6) is 0.178. The summed E-state index contributed by atoms with van der Waals surface area (Å²) in [4.78, 5) is 13.1. The van der Waals surface area contributed by atoms with E-state index in [1.54, 1.807) is 0 Å². The fourth-order valence-corrected chi connectivity index (χ4v) is 4.48. The summed E-state index contributed by atoms with van der Waals surface area (Å²) in [5, 5.41) is 12.3. The van der Waals surface area contributed by atoms with Gasteiger partial charge in [-0.05, 0) is 44.0 Å². The molecule has 1 aromatic rings. The molecule has 1 aliphatic heterocycles. The Morgan fingerprint density at radius 1 is 1.25 bits per heavy atom. The Bertz CT molecular complexity index is 659. The number of quaternary nitrogens is 1. The van der Waals surface area contributed by atoms with Crippen molar-refractivity contribution in [1.29, 1.82) is 5.26 Å². The quantitative estimate of drug-likeness (QED) is 0.788. The number of aryl methyl sites for hydroxylation is 2. The predicted octanol–water partition coefficient (Wildman–Crippen LogP) is 3.27. The van der Waals surface area contributed by atoms with Crippen molar-refractivity contribution in [3.63, 3.8) is 0 Å². The second-order valence-electron chi connectivity index (χ2n) is 7.20. The molecule has 3 rings (SSSR count). The molecule has 0 bridgehead atoms. The van der Waals surface area contributed by atoms with Crippen LogP contribution >= 0.6 is 0 Å². The Kier molecular flexibility index (Phi) is 5.90. The fourth-order valence-electron chi connectivity index (χ4n) is 4.48. The smallest absolute Gasteiger partial charge is 0.285 e. The van der Waals surface area contributed by atoms with Crippen molar-refractivity contribution in [1.82, 2.24) is 0 Å². The number of benzene rings is 1. The van der Waals surface area contributed by atoms with E-state index in [0.717, 1.165) is 53.8 Å². The van der Waals surface area contributed by atoms with Gasteiger partial charge in [0.05, 0.1) is 31.3 Å². The van der Waals surface area contributed by atoms with E-state index in [2.05, 4.69) is 18.3 Å². The van der Waals surface area contributed by atoms with Crippen LogP contribution in [-0.4, -0.2) is 35.6 Å². The Hall–Kier alpha value is -0.756. The molecule has 1 saturated carbocycles. The van der Waals surface area contributed by atoms with E-state index in [4.69, 9.17) is 5.26 Å². The van der Waals surface area contributed by atoms with Crippen LogP contribution in [0.5, 0.6) is 0 Å². The Morgan fingerprint density at radius 3 is 2.21 bits per heavy atom. The van der Waals surface area contributed by atoms with Gasteiger partial charge in [0.25, 0.3) is 5.91 Å². The Morgan fingerprint density at radius 2 is 1.79 bits per heavy atom. The van der Waals surface area contributed by atoms with E-state index < -0.39 is 0 Å². The maximum Gasteiger partial charge on any atom is 0.285 e. The molecule has 125 valence electrons. The summed E-state index contributed by atoms with van der Waals surface area (Å²) in [6.07, 6.45) is 4.47. The SMILES string of the molecule is CC[N+]1(C2(C(=O)Nc3c(C)cc(C#N)cc3C)CC2)CCCC1.[Y]. The fraction of sp³-hybridized carbons (Fsp3) is 0.579. The van der Waals surface area contributed by atoms with Gasteiger partial charge in [-0.1, -0.05) is 0 Å². The average Bonchev–Trinajstić information content (AvgIpc) is 3.22. The van der Waals surface area contributed by atoms with Gasteiger partial charge >= 0.3 is 0 Å². The molecule has 0 atom stereocenters. The molecule has 5 heteroatoms. The van der Waals surface area contributed by atoms with Crippen LogP contribution < -0.4 is 5.32 Å². The summed E-state index contributed by atoms with van der Waals surface area (Å²) >= 11 is 0. The molecular formula is C19H26N3OY+. The molecule has 2 fully saturated rings. The van der Waals surface area contributed by atoms with Gasteiger partial charge in [-0.2, -0.15) is 5.26 Å². The van der Waals surface area contributed by atoms with Gasteiger partial charge in [-0.15, -0.1) is 0 Å². The van der Waals surface area contributed by atoms with Gasteiger partial charge < -0.3 is 9.80 Å². The largest absolute Gasteiger partial charge is 0.320 e. The number of likely N-dealkylation sites (N-methyl/N-ethyl adjacent to an activating group) is 1. The van der Waals surface area contributed by atoms with E-state index in [0.29, 0.717) is 5.56 Å². The predicted molar refractivity (Wildman–Crippen MR) is 91.0 cm³/mol. The number of hydrogen-bond acceptors (Lipinski definition) is 2. The maximum atomic E-state index is 13.1. The van der Waals surface area contributed by atoms with Crippen molar-refractivity contribution >= 4 is 11.6 Å². The number of nitrogens with one attached hydrogen (secondary N) is 1. The first-order chi connectivity index (χ1) is 11.0. The number of anilines is 1. The standard InChI is InChI=1S/C19H25N3O.Y/c1-4-22(9-5-6-10-22)19(7-8-19)18(23)21-17-14(2)11-16(13-20)12-15(17)3;/h11-12H,4-10H2,1-3H3;/p+1.